The van der Waals surface area contributed by atoms with Gasteiger partial charge in [-0.05, 0) is 36.8 Å². The number of nitrogens with zero attached hydrogens (tertiary/aromatic N) is 1. The lowest BCUT2D eigenvalue weighted by Gasteiger charge is -2.60. The van der Waals surface area contributed by atoms with Gasteiger partial charge in [0.1, 0.15) is 5.75 Å². The van der Waals surface area contributed by atoms with Crippen LogP contribution < -0.4 is 15.4 Å². The Kier molecular flexibility index (Phi) is 3.73. The molecule has 1 aromatic carbocycles. The highest BCUT2D eigenvalue weighted by atomic mass is 16.5. The molecule has 0 aromatic heterocycles. The first-order valence-corrected chi connectivity index (χ1v) is 10.1. The molecule has 0 radical (unpaired) electrons. The summed E-state index contributed by atoms with van der Waals surface area (Å²) in [6.07, 6.45) is 3.14. The minimum Gasteiger partial charge on any atom is -0.467 e. The fourth-order valence-corrected chi connectivity index (χ4v) is 5.68. The lowest BCUT2D eigenvalue weighted by atomic mass is 9.52. The first-order chi connectivity index (χ1) is 13.4. The summed E-state index contributed by atoms with van der Waals surface area (Å²) in [5.41, 5.74) is -0.444. The number of rotatable bonds is 1. The van der Waals surface area contributed by atoms with Crippen molar-refractivity contribution in [3.63, 3.8) is 0 Å². The largest absolute Gasteiger partial charge is 0.467 e. The van der Waals surface area contributed by atoms with Crippen LogP contribution in [0.25, 0.3) is 0 Å². The number of ether oxygens (including phenoxy) is 1. The zero-order chi connectivity index (χ0) is 19.5. The fourth-order valence-electron chi connectivity index (χ4n) is 5.68. The molecule has 3 aliphatic carbocycles. The van der Waals surface area contributed by atoms with Crippen molar-refractivity contribution < 1.29 is 19.1 Å². The summed E-state index contributed by atoms with van der Waals surface area (Å²) < 4.78 is 6.40. The molecule has 3 amide bonds. The molecule has 1 spiro atoms. The highest BCUT2D eigenvalue weighted by Crippen LogP contribution is 2.59. The van der Waals surface area contributed by atoms with Crippen molar-refractivity contribution >= 4 is 17.7 Å². The molecule has 7 heteroatoms. The van der Waals surface area contributed by atoms with Gasteiger partial charge in [0, 0.05) is 31.3 Å². The van der Waals surface area contributed by atoms with E-state index in [0.717, 1.165) is 12.8 Å². The average Bonchev–Trinajstić information content (AvgIpc) is 2.67. The third kappa shape index (κ3) is 2.52. The molecule has 28 heavy (non-hydrogen) atoms. The van der Waals surface area contributed by atoms with Crippen molar-refractivity contribution in [3.05, 3.63) is 29.8 Å². The number of para-hydroxylation sites is 1. The van der Waals surface area contributed by atoms with E-state index < -0.39 is 5.72 Å². The molecule has 1 aromatic rings. The van der Waals surface area contributed by atoms with Gasteiger partial charge >= 0.3 is 0 Å². The van der Waals surface area contributed by atoms with Gasteiger partial charge < -0.3 is 20.3 Å². The molecule has 2 N–H and O–H groups in total. The quantitative estimate of drug-likeness (QED) is 0.765. The summed E-state index contributed by atoms with van der Waals surface area (Å²) in [5, 5.41) is 5.91. The maximum atomic E-state index is 13.2. The van der Waals surface area contributed by atoms with E-state index in [1.807, 2.05) is 18.2 Å². The van der Waals surface area contributed by atoms with Crippen LogP contribution in [0.15, 0.2) is 24.3 Å². The van der Waals surface area contributed by atoms with Crippen LogP contribution in [0.1, 0.15) is 43.0 Å². The summed E-state index contributed by atoms with van der Waals surface area (Å²) in [5.74, 6) is 0.437. The number of hydrogen-bond donors (Lipinski definition) is 2. The van der Waals surface area contributed by atoms with E-state index in [4.69, 9.17) is 4.74 Å². The SMILES string of the molecule is C[C@]12CC[C@@H](C[C@@H]1C(=O)N1CCNC(=O)C1)[C@@]1(C2)NC(=O)c2ccccc2O1. The molecule has 1 saturated heterocycles. The van der Waals surface area contributed by atoms with E-state index >= 15 is 0 Å². The number of nitrogens with one attached hydrogen (secondary N) is 2. The van der Waals surface area contributed by atoms with Crippen LogP contribution in [0.2, 0.25) is 0 Å². The number of carbonyl (C=O) groups excluding carboxylic acids is 3. The second-order valence-corrected chi connectivity index (χ2v) is 8.91. The molecular weight excluding hydrogens is 358 g/mol. The summed E-state index contributed by atoms with van der Waals surface area (Å²) >= 11 is 0. The lowest BCUT2D eigenvalue weighted by molar-refractivity contribution is -0.175. The van der Waals surface area contributed by atoms with E-state index in [-0.39, 0.29) is 41.5 Å². The molecule has 2 bridgehead atoms. The maximum Gasteiger partial charge on any atom is 0.258 e. The van der Waals surface area contributed by atoms with Gasteiger partial charge in [0.2, 0.25) is 11.8 Å². The Balaban J connectivity index is 1.42. The molecule has 3 saturated carbocycles. The normalized spacial score (nSPS) is 36.4. The predicted octanol–water partition coefficient (Wildman–Crippen LogP) is 1.29. The van der Waals surface area contributed by atoms with E-state index in [2.05, 4.69) is 17.6 Å². The van der Waals surface area contributed by atoms with Crippen LogP contribution in [-0.2, 0) is 9.59 Å². The van der Waals surface area contributed by atoms with E-state index in [0.29, 0.717) is 37.2 Å². The van der Waals surface area contributed by atoms with Crippen LogP contribution in [0.3, 0.4) is 0 Å². The second-order valence-electron chi connectivity index (χ2n) is 8.91. The highest BCUT2D eigenvalue weighted by molar-refractivity contribution is 5.98. The molecule has 2 heterocycles. The van der Waals surface area contributed by atoms with Crippen LogP contribution in [-0.4, -0.2) is 48.0 Å². The number of amides is 3. The van der Waals surface area contributed by atoms with Crippen LogP contribution in [0, 0.1) is 17.3 Å². The summed E-state index contributed by atoms with van der Waals surface area (Å²) in [6.45, 7) is 3.35. The Morgan fingerprint density at radius 1 is 1.29 bits per heavy atom. The molecule has 4 atom stereocenters. The Morgan fingerprint density at radius 2 is 2.11 bits per heavy atom. The lowest BCUT2D eigenvalue weighted by Crippen LogP contribution is -2.69. The molecule has 6 rings (SSSR count). The molecule has 0 unspecified atom stereocenters. The van der Waals surface area contributed by atoms with E-state index in [1.54, 1.807) is 11.0 Å². The van der Waals surface area contributed by atoms with Crippen molar-refractivity contribution in [1.29, 1.82) is 0 Å². The molecule has 2 aliphatic heterocycles. The van der Waals surface area contributed by atoms with E-state index in [1.165, 1.54) is 0 Å². The Bertz CT molecular complexity index is 871. The van der Waals surface area contributed by atoms with Crippen LogP contribution >= 0.6 is 0 Å². The minimum absolute atomic E-state index is 0.0689. The molecule has 5 aliphatic rings. The average molecular weight is 383 g/mol. The van der Waals surface area contributed by atoms with Gasteiger partial charge in [0.15, 0.2) is 5.72 Å². The van der Waals surface area contributed by atoms with Crippen molar-refractivity contribution in [1.82, 2.24) is 15.5 Å². The summed E-state index contributed by atoms with van der Waals surface area (Å²) in [6, 6.07) is 7.32. The Morgan fingerprint density at radius 3 is 2.89 bits per heavy atom. The predicted molar refractivity (Wildman–Crippen MR) is 100 cm³/mol. The summed E-state index contributed by atoms with van der Waals surface area (Å²) in [7, 11) is 0. The van der Waals surface area contributed by atoms with Crippen molar-refractivity contribution in [2.24, 2.45) is 17.3 Å². The number of carbonyl (C=O) groups is 3. The van der Waals surface area contributed by atoms with Crippen molar-refractivity contribution in [3.8, 4) is 5.75 Å². The molecular formula is C21H25N3O4. The minimum atomic E-state index is -0.742. The molecule has 4 fully saturated rings. The standard InChI is InChI=1S/C21H25N3O4/c1-20-7-6-13(10-15(20)19(27)24-9-8-22-17(25)11-24)21(12-20)23-18(26)14-4-2-3-5-16(14)28-21/h2-5,13,15H,6-12H2,1H3,(H,22,25)(H,23,26)/t13-,15+,20+,21-/m0/s1. The zero-order valence-electron chi connectivity index (χ0n) is 16.0. The number of fused-ring (bicyclic) bond motifs is 3. The van der Waals surface area contributed by atoms with Gasteiger partial charge in [-0.3, -0.25) is 14.4 Å². The zero-order valence-corrected chi connectivity index (χ0v) is 16.0. The van der Waals surface area contributed by atoms with Crippen molar-refractivity contribution in [2.75, 3.05) is 19.6 Å². The topological polar surface area (TPSA) is 87.7 Å². The fraction of sp³-hybridized carbons (Fsp3) is 0.571. The van der Waals surface area contributed by atoms with Gasteiger partial charge in [-0.15, -0.1) is 0 Å². The number of hydrogen-bond acceptors (Lipinski definition) is 4. The molecule has 148 valence electrons. The third-order valence-electron chi connectivity index (χ3n) is 7.15. The van der Waals surface area contributed by atoms with Gasteiger partial charge in [0.25, 0.3) is 5.91 Å². The first-order valence-electron chi connectivity index (χ1n) is 10.1. The van der Waals surface area contributed by atoms with Gasteiger partial charge in [-0.25, -0.2) is 0 Å². The van der Waals surface area contributed by atoms with Gasteiger partial charge in [-0.1, -0.05) is 19.1 Å². The number of piperazine rings is 1. The Hall–Kier alpha value is -2.57. The van der Waals surface area contributed by atoms with Crippen LogP contribution in [0.5, 0.6) is 5.75 Å². The maximum absolute atomic E-state index is 13.2. The van der Waals surface area contributed by atoms with Gasteiger partial charge in [-0.2, -0.15) is 0 Å². The second kappa shape index (κ2) is 5.96. The van der Waals surface area contributed by atoms with Gasteiger partial charge in [0.05, 0.1) is 12.1 Å². The molecule has 7 nitrogen and oxygen atoms in total. The first kappa shape index (κ1) is 17.5. The Labute approximate surface area is 163 Å². The van der Waals surface area contributed by atoms with Crippen molar-refractivity contribution in [2.45, 2.75) is 38.3 Å². The third-order valence-corrected chi connectivity index (χ3v) is 7.15. The summed E-state index contributed by atoms with van der Waals surface area (Å²) in [4.78, 5) is 39.4. The number of benzene rings is 1. The highest BCUT2D eigenvalue weighted by Gasteiger charge is 2.62. The van der Waals surface area contributed by atoms with Crippen LogP contribution in [0.4, 0.5) is 0 Å². The monoisotopic (exact) mass is 383 g/mol. The smallest absolute Gasteiger partial charge is 0.258 e. The van der Waals surface area contributed by atoms with E-state index in [9.17, 15) is 14.4 Å².